The highest BCUT2D eigenvalue weighted by Gasteiger charge is 2.12. The maximum absolute atomic E-state index is 10.8. The summed E-state index contributed by atoms with van der Waals surface area (Å²) in [6.45, 7) is 4.64. The molecule has 7 heteroatoms. The number of ether oxygens (including phenoxy) is 1. The van der Waals surface area contributed by atoms with E-state index >= 15 is 0 Å². The molecule has 0 radical (unpaired) electrons. The first-order valence-electron chi connectivity index (χ1n) is 6.73. The maximum Gasteiger partial charge on any atom is 0.221 e. The summed E-state index contributed by atoms with van der Waals surface area (Å²) in [7, 11) is 0. The fourth-order valence-corrected chi connectivity index (χ4v) is 1.65. The smallest absolute Gasteiger partial charge is 0.221 e. The van der Waals surface area contributed by atoms with E-state index in [1.165, 1.54) is 0 Å². The van der Waals surface area contributed by atoms with Gasteiger partial charge in [0, 0.05) is 12.6 Å². The Hall–Kier alpha value is -2.15. The number of primary amides is 1. The van der Waals surface area contributed by atoms with Gasteiger partial charge in [-0.3, -0.25) is 4.79 Å². The third-order valence-electron chi connectivity index (χ3n) is 2.68. The Kier molecular flexibility index (Phi) is 7.17. The zero-order valence-electron chi connectivity index (χ0n) is 12.2. The Morgan fingerprint density at radius 1 is 1.33 bits per heavy atom. The lowest BCUT2D eigenvalue weighted by Crippen LogP contribution is -2.36. The summed E-state index contributed by atoms with van der Waals surface area (Å²) >= 11 is 0. The Bertz CT molecular complexity index is 448. The van der Waals surface area contributed by atoms with Gasteiger partial charge in [0.1, 0.15) is 12.4 Å². The highest BCUT2D eigenvalue weighted by atomic mass is 16.7. The second-order valence-electron chi connectivity index (χ2n) is 4.96. The van der Waals surface area contributed by atoms with Crippen LogP contribution in [0.1, 0.15) is 19.4 Å². The SMILES string of the molecule is CC(C)NCC(COc1ccc(CC(N)=O)cc1)ON=O. The number of nitrogens with one attached hydrogen (secondary N) is 1. The number of rotatable bonds is 10. The monoisotopic (exact) mass is 295 g/mol. The molecule has 0 saturated carbocycles. The van der Waals surface area contributed by atoms with E-state index in [1.54, 1.807) is 24.3 Å². The van der Waals surface area contributed by atoms with Crippen molar-refractivity contribution in [1.29, 1.82) is 0 Å². The Labute approximate surface area is 123 Å². The van der Waals surface area contributed by atoms with E-state index in [9.17, 15) is 9.70 Å². The van der Waals surface area contributed by atoms with Crippen LogP contribution in [0, 0.1) is 4.91 Å². The average molecular weight is 295 g/mol. The topological polar surface area (TPSA) is 103 Å². The first kappa shape index (κ1) is 16.9. The van der Waals surface area contributed by atoms with Gasteiger partial charge in [0.15, 0.2) is 11.4 Å². The Balaban J connectivity index is 2.47. The van der Waals surface area contributed by atoms with Crippen LogP contribution in [0.2, 0.25) is 0 Å². The molecule has 21 heavy (non-hydrogen) atoms. The summed E-state index contributed by atoms with van der Waals surface area (Å²) < 4.78 is 5.53. The van der Waals surface area contributed by atoms with Crippen LogP contribution in [-0.2, 0) is 16.1 Å². The molecule has 0 heterocycles. The Morgan fingerprint density at radius 2 is 2.00 bits per heavy atom. The van der Waals surface area contributed by atoms with Crippen molar-refractivity contribution in [2.75, 3.05) is 13.2 Å². The molecule has 0 fully saturated rings. The average Bonchev–Trinajstić information content (AvgIpc) is 2.43. The first-order chi connectivity index (χ1) is 10.0. The molecule has 7 nitrogen and oxygen atoms in total. The van der Waals surface area contributed by atoms with Crippen LogP contribution in [0.15, 0.2) is 29.6 Å². The largest absolute Gasteiger partial charge is 0.490 e. The molecule has 1 aromatic carbocycles. The molecule has 1 rings (SSSR count). The van der Waals surface area contributed by atoms with Crippen LogP contribution in [-0.4, -0.2) is 31.2 Å². The fourth-order valence-electron chi connectivity index (χ4n) is 1.65. The van der Waals surface area contributed by atoms with Gasteiger partial charge in [-0.25, -0.2) is 0 Å². The first-order valence-corrected chi connectivity index (χ1v) is 6.73. The number of carbonyl (C=O) groups is 1. The van der Waals surface area contributed by atoms with Gasteiger partial charge in [0.25, 0.3) is 0 Å². The zero-order valence-corrected chi connectivity index (χ0v) is 12.2. The minimum atomic E-state index is -0.463. The lowest BCUT2D eigenvalue weighted by molar-refractivity contribution is -0.117. The minimum absolute atomic E-state index is 0.194. The molecule has 0 spiro atoms. The second kappa shape index (κ2) is 8.91. The quantitative estimate of drug-likeness (QED) is 0.498. The zero-order chi connectivity index (χ0) is 15.7. The highest BCUT2D eigenvalue weighted by molar-refractivity contribution is 5.76. The number of benzene rings is 1. The van der Waals surface area contributed by atoms with Gasteiger partial charge >= 0.3 is 0 Å². The number of amides is 1. The Morgan fingerprint density at radius 3 is 2.52 bits per heavy atom. The van der Waals surface area contributed by atoms with Crippen LogP contribution in [0.5, 0.6) is 5.75 Å². The molecule has 1 aromatic rings. The van der Waals surface area contributed by atoms with E-state index in [0.29, 0.717) is 12.3 Å². The lowest BCUT2D eigenvalue weighted by Gasteiger charge is -2.16. The van der Waals surface area contributed by atoms with Crippen molar-refractivity contribution in [3.8, 4) is 5.75 Å². The molecular formula is C14H21N3O4. The summed E-state index contributed by atoms with van der Waals surface area (Å²) in [4.78, 5) is 25.7. The van der Waals surface area contributed by atoms with Gasteiger partial charge in [-0.1, -0.05) is 26.0 Å². The molecule has 0 aliphatic rings. The van der Waals surface area contributed by atoms with Gasteiger partial charge < -0.3 is 20.6 Å². The van der Waals surface area contributed by atoms with E-state index in [-0.39, 0.29) is 25.0 Å². The molecule has 0 aromatic heterocycles. The van der Waals surface area contributed by atoms with Gasteiger partial charge in [-0.05, 0) is 17.7 Å². The summed E-state index contributed by atoms with van der Waals surface area (Å²) in [5.74, 6) is 0.237. The molecule has 3 N–H and O–H groups in total. The van der Waals surface area contributed by atoms with Crippen LogP contribution in [0.3, 0.4) is 0 Å². The van der Waals surface area contributed by atoms with E-state index < -0.39 is 6.10 Å². The third kappa shape index (κ3) is 7.26. The molecule has 116 valence electrons. The molecule has 0 saturated heterocycles. The van der Waals surface area contributed by atoms with Crippen molar-refractivity contribution in [2.24, 2.45) is 11.1 Å². The number of nitrogens with zero attached hydrogens (tertiary/aromatic N) is 1. The molecule has 0 aliphatic carbocycles. The van der Waals surface area contributed by atoms with E-state index in [2.05, 4.69) is 10.7 Å². The number of hydrogen-bond donors (Lipinski definition) is 2. The third-order valence-corrected chi connectivity index (χ3v) is 2.68. The molecule has 1 unspecified atom stereocenters. The molecule has 1 amide bonds. The fraction of sp³-hybridized carbons (Fsp3) is 0.500. The summed E-state index contributed by atoms with van der Waals surface area (Å²) in [6.07, 6.45) is -0.269. The summed E-state index contributed by atoms with van der Waals surface area (Å²) in [5.41, 5.74) is 5.94. The van der Waals surface area contributed by atoms with Gasteiger partial charge in [0.05, 0.1) is 6.42 Å². The highest BCUT2D eigenvalue weighted by Crippen LogP contribution is 2.13. The second-order valence-corrected chi connectivity index (χ2v) is 4.96. The number of hydrogen-bond acceptors (Lipinski definition) is 6. The van der Waals surface area contributed by atoms with Crippen molar-refractivity contribution < 1.29 is 14.4 Å². The summed E-state index contributed by atoms with van der Waals surface area (Å²) in [5, 5.41) is 5.59. The number of carbonyl (C=O) groups excluding carboxylic acids is 1. The maximum atomic E-state index is 10.8. The van der Waals surface area contributed by atoms with Crippen molar-refractivity contribution in [3.63, 3.8) is 0 Å². The minimum Gasteiger partial charge on any atom is -0.490 e. The van der Waals surface area contributed by atoms with Gasteiger partial charge in [-0.2, -0.15) is 0 Å². The van der Waals surface area contributed by atoms with Crippen LogP contribution >= 0.6 is 0 Å². The van der Waals surface area contributed by atoms with Crippen molar-refractivity contribution in [3.05, 3.63) is 34.7 Å². The predicted molar refractivity (Wildman–Crippen MR) is 78.6 cm³/mol. The number of nitrogens with two attached hydrogens (primary N) is 1. The predicted octanol–water partition coefficient (Wildman–Crippen LogP) is 1.16. The van der Waals surface area contributed by atoms with E-state index in [4.69, 9.17) is 15.3 Å². The standard InChI is InChI=1S/C14H21N3O4/c1-10(2)16-8-13(21-17-19)9-20-12-5-3-11(4-6-12)7-14(15)18/h3-6,10,13,16H,7-9H2,1-2H3,(H2,15,18). The van der Waals surface area contributed by atoms with Crippen LogP contribution in [0.25, 0.3) is 0 Å². The molecule has 0 bridgehead atoms. The van der Waals surface area contributed by atoms with Gasteiger partial charge in [0.2, 0.25) is 5.91 Å². The van der Waals surface area contributed by atoms with E-state index in [0.717, 1.165) is 5.56 Å². The van der Waals surface area contributed by atoms with Crippen molar-refractivity contribution >= 4 is 5.91 Å². The molecule has 0 aliphatic heterocycles. The molecular weight excluding hydrogens is 274 g/mol. The summed E-state index contributed by atoms with van der Waals surface area (Å²) in [6, 6.07) is 7.27. The van der Waals surface area contributed by atoms with Crippen molar-refractivity contribution in [1.82, 2.24) is 5.32 Å². The van der Waals surface area contributed by atoms with Crippen LogP contribution in [0.4, 0.5) is 0 Å². The lowest BCUT2D eigenvalue weighted by atomic mass is 10.1. The normalized spacial score (nSPS) is 12.0. The van der Waals surface area contributed by atoms with Crippen LogP contribution < -0.4 is 15.8 Å². The van der Waals surface area contributed by atoms with Gasteiger partial charge in [-0.15, -0.1) is 4.91 Å². The molecule has 1 atom stereocenters. The van der Waals surface area contributed by atoms with E-state index in [1.807, 2.05) is 13.8 Å². The van der Waals surface area contributed by atoms with Crippen molar-refractivity contribution in [2.45, 2.75) is 32.4 Å².